The van der Waals surface area contributed by atoms with Gasteiger partial charge in [0.05, 0.1) is 23.6 Å². The van der Waals surface area contributed by atoms with Crippen molar-refractivity contribution in [3.63, 3.8) is 0 Å². The second-order valence-electron chi connectivity index (χ2n) is 12.2. The Morgan fingerprint density at radius 3 is 2.35 bits per heavy atom. The first kappa shape index (κ1) is 39.1. The van der Waals surface area contributed by atoms with E-state index in [2.05, 4.69) is 10.6 Å². The molecule has 0 aromatic heterocycles. The minimum Gasteiger partial charge on any atom is -0.439 e. The third kappa shape index (κ3) is 10.3. The van der Waals surface area contributed by atoms with Crippen molar-refractivity contribution < 1.29 is 43.3 Å². The number of ether oxygens (including phenoxy) is 3. The summed E-state index contributed by atoms with van der Waals surface area (Å²) in [5.41, 5.74) is 6.70. The Morgan fingerprint density at radius 1 is 1.08 bits per heavy atom. The summed E-state index contributed by atoms with van der Waals surface area (Å²) >= 11 is 5.87. The van der Waals surface area contributed by atoms with Crippen molar-refractivity contribution >= 4 is 41.1 Å². The van der Waals surface area contributed by atoms with Crippen molar-refractivity contribution in [1.82, 2.24) is 10.6 Å². The molecular formula is C36H44ClN3O9. The van der Waals surface area contributed by atoms with E-state index in [9.17, 15) is 29.1 Å². The first-order valence-electron chi connectivity index (χ1n) is 15.7. The number of allylic oxidation sites excluding steroid dienone is 4. The number of aliphatic hydroxyl groups excluding tert-OH is 1. The van der Waals surface area contributed by atoms with Gasteiger partial charge in [-0.25, -0.2) is 4.79 Å². The van der Waals surface area contributed by atoms with E-state index in [1.54, 1.807) is 50.3 Å². The Labute approximate surface area is 291 Å². The molecule has 1 heterocycles. The third-order valence-corrected chi connectivity index (χ3v) is 8.71. The number of hydrogen-bond donors (Lipinski definition) is 4. The molecule has 0 spiro atoms. The summed E-state index contributed by atoms with van der Waals surface area (Å²) in [4.78, 5) is 65.5. The van der Waals surface area contributed by atoms with Gasteiger partial charge in [-0.3, -0.25) is 19.2 Å². The fraction of sp³-hybridized carbons (Fsp3) is 0.417. The van der Waals surface area contributed by atoms with E-state index in [0.29, 0.717) is 5.57 Å². The highest BCUT2D eigenvalue weighted by Crippen LogP contribution is 2.29. The standard InChI is InChI=1S/C36H44ClN3O9/c1-19-14-25-30(40-35(45)24-12-10-23(18-37)11-13-24)27(41)17-26(32(25)43)39-34(44)20(2)8-7-9-28(47-5)33(49-36(38)46)22(4)16-21(3)31(42)29(15-19)48-6/h7-13,16-17,19,21,28-29,31,33,42H,14-15,18H2,1-6H3,(H2,38,46)(H,39,44)(H,40,45)/b9-7-,20-8+,22-16+/t19-,21+,28+,29+,31-,33+/m1/s1. The second-order valence-corrected chi connectivity index (χ2v) is 12.5. The third-order valence-electron chi connectivity index (χ3n) is 8.40. The number of Topliss-reactive ketones (excluding diaryl/α,β-unsaturated/α-hetero) is 1. The smallest absolute Gasteiger partial charge is 0.405 e. The maximum atomic E-state index is 13.9. The number of nitrogens with one attached hydrogen (secondary N) is 2. The summed E-state index contributed by atoms with van der Waals surface area (Å²) in [6, 6.07) is 6.49. The highest BCUT2D eigenvalue weighted by atomic mass is 35.5. The van der Waals surface area contributed by atoms with Crippen LogP contribution in [0.2, 0.25) is 0 Å². The first-order valence-corrected chi connectivity index (χ1v) is 16.3. The number of methoxy groups -OCH3 is 2. The number of rotatable bonds is 6. The molecule has 264 valence electrons. The number of carbonyl (C=O) groups is 5. The zero-order chi connectivity index (χ0) is 36.4. The molecule has 3 rings (SSSR count). The number of amides is 3. The highest BCUT2D eigenvalue weighted by Gasteiger charge is 2.34. The molecule has 0 unspecified atom stereocenters. The van der Waals surface area contributed by atoms with Crippen LogP contribution in [0, 0.1) is 11.8 Å². The van der Waals surface area contributed by atoms with E-state index in [-0.39, 0.29) is 52.7 Å². The number of fused-ring (bicyclic) bond motifs is 2. The number of nitrogens with two attached hydrogens (primary N) is 1. The number of aliphatic hydroxyl groups is 1. The van der Waals surface area contributed by atoms with Crippen molar-refractivity contribution in [1.29, 1.82) is 0 Å². The lowest BCUT2D eigenvalue weighted by atomic mass is 9.85. The van der Waals surface area contributed by atoms with Crippen molar-refractivity contribution in [3.05, 3.63) is 93.9 Å². The van der Waals surface area contributed by atoms with Crippen molar-refractivity contribution in [2.24, 2.45) is 17.6 Å². The molecular weight excluding hydrogens is 654 g/mol. The molecule has 1 aliphatic heterocycles. The van der Waals surface area contributed by atoms with Crippen molar-refractivity contribution in [2.75, 3.05) is 14.2 Å². The molecule has 2 aliphatic rings. The first-order chi connectivity index (χ1) is 23.2. The molecule has 13 heteroatoms. The minimum absolute atomic E-state index is 0.00276. The van der Waals surface area contributed by atoms with Crippen LogP contribution >= 0.6 is 11.6 Å². The monoisotopic (exact) mass is 697 g/mol. The van der Waals surface area contributed by atoms with E-state index < -0.39 is 59.8 Å². The van der Waals surface area contributed by atoms with Gasteiger partial charge < -0.3 is 35.7 Å². The lowest BCUT2D eigenvalue weighted by Gasteiger charge is -2.30. The molecule has 1 aliphatic carbocycles. The van der Waals surface area contributed by atoms with Crippen LogP contribution in [-0.2, 0) is 34.5 Å². The Hall–Kier alpha value is -4.36. The van der Waals surface area contributed by atoms with Crippen LogP contribution in [0.4, 0.5) is 4.79 Å². The van der Waals surface area contributed by atoms with Gasteiger partial charge in [-0.05, 0) is 55.9 Å². The van der Waals surface area contributed by atoms with Crippen LogP contribution in [0.3, 0.4) is 0 Å². The molecule has 12 nitrogen and oxygen atoms in total. The number of primary amides is 1. The van der Waals surface area contributed by atoms with Crippen LogP contribution in [0.1, 0.15) is 56.5 Å². The Morgan fingerprint density at radius 2 is 1.76 bits per heavy atom. The van der Waals surface area contributed by atoms with Gasteiger partial charge in [0, 0.05) is 48.8 Å². The zero-order valence-electron chi connectivity index (χ0n) is 28.5. The fourth-order valence-corrected chi connectivity index (χ4v) is 5.83. The van der Waals surface area contributed by atoms with Gasteiger partial charge in [0.15, 0.2) is 6.10 Å². The Kier molecular flexibility index (Phi) is 14.3. The average Bonchev–Trinajstić information content (AvgIpc) is 3.07. The van der Waals surface area contributed by atoms with Gasteiger partial charge in [-0.15, -0.1) is 11.6 Å². The zero-order valence-corrected chi connectivity index (χ0v) is 29.2. The second kappa shape index (κ2) is 17.9. The predicted molar refractivity (Wildman–Crippen MR) is 183 cm³/mol. The van der Waals surface area contributed by atoms with Crippen LogP contribution in [-0.4, -0.2) is 73.2 Å². The summed E-state index contributed by atoms with van der Waals surface area (Å²) in [6.45, 7) is 6.81. The molecule has 1 aromatic carbocycles. The summed E-state index contributed by atoms with van der Waals surface area (Å²) in [5, 5.41) is 16.5. The molecule has 2 bridgehead atoms. The molecule has 0 radical (unpaired) electrons. The van der Waals surface area contributed by atoms with Crippen molar-refractivity contribution in [3.8, 4) is 0 Å². The molecule has 5 N–H and O–H groups in total. The number of hydrogen-bond acceptors (Lipinski definition) is 9. The van der Waals surface area contributed by atoms with Crippen LogP contribution in [0.25, 0.3) is 0 Å². The van der Waals surface area contributed by atoms with Gasteiger partial charge >= 0.3 is 6.09 Å². The van der Waals surface area contributed by atoms with E-state index >= 15 is 0 Å². The predicted octanol–water partition coefficient (Wildman–Crippen LogP) is 3.93. The molecule has 0 fully saturated rings. The summed E-state index contributed by atoms with van der Waals surface area (Å²) < 4.78 is 16.6. The maximum absolute atomic E-state index is 13.9. The number of halogens is 1. The normalized spacial score (nSPS) is 28.7. The molecule has 1 aromatic rings. The lowest BCUT2D eigenvalue weighted by Crippen LogP contribution is -2.38. The van der Waals surface area contributed by atoms with Crippen LogP contribution in [0.15, 0.2) is 82.8 Å². The minimum atomic E-state index is -1.04. The van der Waals surface area contributed by atoms with E-state index in [4.69, 9.17) is 31.5 Å². The van der Waals surface area contributed by atoms with Crippen molar-refractivity contribution in [2.45, 2.75) is 70.8 Å². The largest absolute Gasteiger partial charge is 0.439 e. The molecule has 6 atom stereocenters. The molecule has 0 saturated heterocycles. The van der Waals surface area contributed by atoms with E-state index in [0.717, 1.165) is 11.6 Å². The average molecular weight is 698 g/mol. The number of ketones is 2. The number of alkyl halides is 1. The number of benzene rings is 1. The summed E-state index contributed by atoms with van der Waals surface area (Å²) in [6.07, 6.45) is 2.95. The maximum Gasteiger partial charge on any atom is 0.405 e. The molecule has 49 heavy (non-hydrogen) atoms. The highest BCUT2D eigenvalue weighted by molar-refractivity contribution is 6.24. The lowest BCUT2D eigenvalue weighted by molar-refractivity contribution is -0.120. The van der Waals surface area contributed by atoms with E-state index in [1.165, 1.54) is 33.3 Å². The van der Waals surface area contributed by atoms with E-state index in [1.807, 2.05) is 6.92 Å². The number of carbonyl (C=O) groups excluding carboxylic acids is 5. The quantitative estimate of drug-likeness (QED) is 0.194. The van der Waals surface area contributed by atoms with Crippen LogP contribution in [0.5, 0.6) is 0 Å². The Bertz CT molecular complexity index is 1590. The van der Waals surface area contributed by atoms with Gasteiger partial charge in [0.25, 0.3) is 11.8 Å². The molecule has 3 amide bonds. The molecule has 0 saturated carbocycles. The summed E-state index contributed by atoms with van der Waals surface area (Å²) in [7, 11) is 2.86. The fourth-order valence-electron chi connectivity index (χ4n) is 5.65. The van der Waals surface area contributed by atoms with Gasteiger partial charge in [-0.2, -0.15) is 0 Å². The van der Waals surface area contributed by atoms with Crippen LogP contribution < -0.4 is 16.4 Å². The van der Waals surface area contributed by atoms with Gasteiger partial charge in [0.1, 0.15) is 6.10 Å². The van der Waals surface area contributed by atoms with Gasteiger partial charge in [-0.1, -0.05) is 50.3 Å². The topological polar surface area (TPSA) is 183 Å². The Balaban J connectivity index is 2.08. The summed E-state index contributed by atoms with van der Waals surface area (Å²) in [5.74, 6) is -3.16. The van der Waals surface area contributed by atoms with Gasteiger partial charge in [0.2, 0.25) is 11.6 Å². The SMILES string of the molecule is CO[C@H]1/C=C\C=C(/C)C(=O)NC2=CC(=O)C(NC(=O)c3ccc(CCl)cc3)=C(C[C@@H](C)C[C@H](OC)[C@H](O)[C@@H](C)/C=C(\C)[C@@H]1OC(N)=O)C2=O.